The van der Waals surface area contributed by atoms with Crippen LogP contribution in [0.5, 0.6) is 0 Å². The second-order valence-corrected chi connectivity index (χ2v) is 3.53. The van der Waals surface area contributed by atoms with Crippen molar-refractivity contribution in [2.75, 3.05) is 6.61 Å². The van der Waals surface area contributed by atoms with E-state index in [4.69, 9.17) is 0 Å². The largest absolute Gasteiger partial charge is 1.00 e. The van der Waals surface area contributed by atoms with Gasteiger partial charge in [0, 0.05) is 0 Å². The third-order valence-electron chi connectivity index (χ3n) is 2.25. The molecule has 0 saturated carbocycles. The van der Waals surface area contributed by atoms with Crippen molar-refractivity contribution in [3.63, 3.8) is 0 Å². The van der Waals surface area contributed by atoms with Crippen molar-refractivity contribution < 1.29 is 34.7 Å². The molecule has 1 nitrogen and oxygen atoms in total. The van der Waals surface area contributed by atoms with Crippen LogP contribution in [0.15, 0.2) is 0 Å². The normalized spacial score (nSPS) is 9.69. The Morgan fingerprint density at radius 2 is 1.08 bits per heavy atom. The molecule has 0 rings (SSSR count). The van der Waals surface area contributed by atoms with Gasteiger partial charge in [-0.3, -0.25) is 0 Å². The SMILES string of the molecule is CCCCCCCCCCC[O-].[Na+]. The second kappa shape index (κ2) is 15.4. The van der Waals surface area contributed by atoms with Crippen molar-refractivity contribution in [1.82, 2.24) is 0 Å². The Kier molecular flexibility index (Phi) is 19.5. The van der Waals surface area contributed by atoms with E-state index in [9.17, 15) is 5.11 Å². The fourth-order valence-corrected chi connectivity index (χ4v) is 1.41. The Hall–Kier alpha value is 0.960. The van der Waals surface area contributed by atoms with Crippen molar-refractivity contribution >= 4 is 0 Å². The van der Waals surface area contributed by atoms with E-state index in [1.165, 1.54) is 44.9 Å². The van der Waals surface area contributed by atoms with E-state index < -0.39 is 0 Å². The van der Waals surface area contributed by atoms with Gasteiger partial charge in [-0.05, 0) is 0 Å². The summed E-state index contributed by atoms with van der Waals surface area (Å²) in [5.41, 5.74) is 0. The van der Waals surface area contributed by atoms with Gasteiger partial charge in [0.25, 0.3) is 0 Å². The van der Waals surface area contributed by atoms with Crippen LogP contribution in [0.3, 0.4) is 0 Å². The van der Waals surface area contributed by atoms with Crippen LogP contribution >= 0.6 is 0 Å². The molecule has 0 unspecified atom stereocenters. The van der Waals surface area contributed by atoms with E-state index in [-0.39, 0.29) is 36.2 Å². The summed E-state index contributed by atoms with van der Waals surface area (Å²) in [7, 11) is 0. The zero-order valence-corrected chi connectivity index (χ0v) is 11.5. The summed E-state index contributed by atoms with van der Waals surface area (Å²) in [5.74, 6) is 0. The van der Waals surface area contributed by atoms with Crippen LogP contribution in [0.25, 0.3) is 0 Å². The molecule has 0 amide bonds. The van der Waals surface area contributed by atoms with Gasteiger partial charge in [-0.2, -0.15) is 0 Å². The summed E-state index contributed by atoms with van der Waals surface area (Å²) in [4.78, 5) is 0. The van der Waals surface area contributed by atoms with Gasteiger partial charge >= 0.3 is 29.6 Å². The molecule has 0 atom stereocenters. The first-order valence-corrected chi connectivity index (χ1v) is 5.50. The molecule has 0 saturated heterocycles. The first kappa shape index (κ1) is 16.4. The summed E-state index contributed by atoms with van der Waals surface area (Å²) in [5, 5.41) is 10.1. The van der Waals surface area contributed by atoms with Crippen molar-refractivity contribution in [3.8, 4) is 0 Å². The molecular formula is C11H23NaO. The maximum absolute atomic E-state index is 10.1. The molecule has 0 aliphatic carbocycles. The number of unbranched alkanes of at least 4 members (excludes halogenated alkanes) is 8. The number of hydrogen-bond acceptors (Lipinski definition) is 1. The van der Waals surface area contributed by atoms with Crippen LogP contribution in [0.2, 0.25) is 0 Å². The molecule has 0 fully saturated rings. The molecule has 0 aliphatic heterocycles. The summed E-state index contributed by atoms with van der Waals surface area (Å²) in [6.07, 6.45) is 11.5. The smallest absolute Gasteiger partial charge is 0.854 e. The van der Waals surface area contributed by atoms with Crippen LogP contribution in [0.4, 0.5) is 0 Å². The van der Waals surface area contributed by atoms with Crippen molar-refractivity contribution in [1.29, 1.82) is 0 Å². The zero-order chi connectivity index (χ0) is 9.07. The molecule has 0 aliphatic rings. The summed E-state index contributed by atoms with van der Waals surface area (Å²) >= 11 is 0. The minimum Gasteiger partial charge on any atom is -0.854 e. The molecular weight excluding hydrogens is 171 g/mol. The van der Waals surface area contributed by atoms with Gasteiger partial charge in [0.1, 0.15) is 0 Å². The Morgan fingerprint density at radius 1 is 0.692 bits per heavy atom. The topological polar surface area (TPSA) is 23.1 Å². The zero-order valence-electron chi connectivity index (χ0n) is 9.48. The van der Waals surface area contributed by atoms with Gasteiger partial charge in [0.05, 0.1) is 0 Å². The third-order valence-corrected chi connectivity index (χ3v) is 2.25. The van der Waals surface area contributed by atoms with Crippen LogP contribution < -0.4 is 34.7 Å². The van der Waals surface area contributed by atoms with Gasteiger partial charge in [0.15, 0.2) is 0 Å². The van der Waals surface area contributed by atoms with Crippen LogP contribution in [0, 0.1) is 0 Å². The fraction of sp³-hybridized carbons (Fsp3) is 1.00. The first-order chi connectivity index (χ1) is 5.91. The number of hydrogen-bond donors (Lipinski definition) is 0. The Morgan fingerprint density at radius 3 is 1.46 bits per heavy atom. The van der Waals surface area contributed by atoms with Gasteiger partial charge in [-0.15, -0.1) is 6.61 Å². The van der Waals surface area contributed by atoms with Gasteiger partial charge in [0.2, 0.25) is 0 Å². The van der Waals surface area contributed by atoms with Crippen molar-refractivity contribution in [2.24, 2.45) is 0 Å². The van der Waals surface area contributed by atoms with Crippen molar-refractivity contribution in [2.45, 2.75) is 64.7 Å². The average molecular weight is 194 g/mol. The van der Waals surface area contributed by atoms with Gasteiger partial charge in [-0.1, -0.05) is 64.7 Å². The average Bonchev–Trinajstić information content (AvgIpc) is 2.10. The first-order valence-electron chi connectivity index (χ1n) is 5.50. The molecule has 0 aromatic carbocycles. The van der Waals surface area contributed by atoms with E-state index in [2.05, 4.69) is 6.92 Å². The van der Waals surface area contributed by atoms with E-state index in [0.29, 0.717) is 0 Å². The van der Waals surface area contributed by atoms with Crippen LogP contribution in [-0.2, 0) is 0 Å². The third kappa shape index (κ3) is 15.7. The molecule has 0 N–H and O–H groups in total. The standard InChI is InChI=1S/C11H23O.Na/c1-2-3-4-5-6-7-8-9-10-11-12;/h2-11H2,1H3;/q-1;+1. The molecule has 0 radical (unpaired) electrons. The van der Waals surface area contributed by atoms with Crippen molar-refractivity contribution in [3.05, 3.63) is 0 Å². The molecule has 13 heavy (non-hydrogen) atoms. The van der Waals surface area contributed by atoms with Gasteiger partial charge in [-0.25, -0.2) is 0 Å². The quantitative estimate of drug-likeness (QED) is 0.371. The molecule has 0 heterocycles. The number of rotatable bonds is 9. The van der Waals surface area contributed by atoms with E-state index in [0.717, 1.165) is 12.8 Å². The van der Waals surface area contributed by atoms with Gasteiger partial charge < -0.3 is 5.11 Å². The maximum Gasteiger partial charge on any atom is 1.00 e. The predicted molar refractivity (Wildman–Crippen MR) is 52.1 cm³/mol. The molecule has 0 spiro atoms. The molecule has 2 heteroatoms. The van der Waals surface area contributed by atoms with E-state index in [1.54, 1.807) is 0 Å². The summed E-state index contributed by atoms with van der Waals surface area (Å²) < 4.78 is 0. The van der Waals surface area contributed by atoms with E-state index >= 15 is 0 Å². The minimum atomic E-state index is 0. The maximum atomic E-state index is 10.1. The van der Waals surface area contributed by atoms with Crippen LogP contribution in [0.1, 0.15) is 64.7 Å². The van der Waals surface area contributed by atoms with Crippen LogP contribution in [-0.4, -0.2) is 6.61 Å². The predicted octanol–water partition coefficient (Wildman–Crippen LogP) is -0.118. The Balaban J connectivity index is 0. The Bertz CT molecular complexity index is 66.5. The van der Waals surface area contributed by atoms with E-state index in [1.807, 2.05) is 0 Å². The molecule has 0 aromatic heterocycles. The fourth-order valence-electron chi connectivity index (χ4n) is 1.41. The molecule has 0 bridgehead atoms. The molecule has 0 aromatic rings. The monoisotopic (exact) mass is 194 g/mol. The summed E-state index contributed by atoms with van der Waals surface area (Å²) in [6.45, 7) is 2.37. The summed E-state index contributed by atoms with van der Waals surface area (Å²) in [6, 6.07) is 0. The molecule has 74 valence electrons. The second-order valence-electron chi connectivity index (χ2n) is 3.53. The Labute approximate surface area is 106 Å². The minimum absolute atomic E-state index is 0.